The van der Waals surface area contributed by atoms with Crippen molar-refractivity contribution in [1.29, 1.82) is 0 Å². The fourth-order valence-corrected chi connectivity index (χ4v) is 3.94. The standard InChI is InChI=1S/C20H22N8/c21-18-8-17(19-20(24-18)26-27-25-19)7-14-9-23-28(12-14)11-13-2-1-3-15(6-13)16-4-5-22-10-16/h1-3,6,8-9,12,16,22H,4-5,7,10-11H2,(H3,21,24,25,26,27). The predicted molar refractivity (Wildman–Crippen MR) is 107 cm³/mol. The smallest absolute Gasteiger partial charge is 0.178 e. The number of nitrogens with zero attached hydrogens (tertiary/aromatic N) is 5. The van der Waals surface area contributed by atoms with Crippen molar-refractivity contribution in [2.24, 2.45) is 0 Å². The third-order valence-corrected chi connectivity index (χ3v) is 5.31. The summed E-state index contributed by atoms with van der Waals surface area (Å²) >= 11 is 0. The van der Waals surface area contributed by atoms with Gasteiger partial charge in [0.1, 0.15) is 11.3 Å². The quantitative estimate of drug-likeness (QED) is 0.492. The molecule has 4 N–H and O–H groups in total. The molecular weight excluding hydrogens is 352 g/mol. The van der Waals surface area contributed by atoms with E-state index in [4.69, 9.17) is 5.73 Å². The minimum absolute atomic E-state index is 0.458. The third kappa shape index (κ3) is 3.34. The van der Waals surface area contributed by atoms with Crippen molar-refractivity contribution in [1.82, 2.24) is 35.5 Å². The first-order valence-electron chi connectivity index (χ1n) is 9.51. The topological polar surface area (TPSA) is 110 Å². The summed E-state index contributed by atoms with van der Waals surface area (Å²) in [4.78, 5) is 4.21. The number of anilines is 1. The van der Waals surface area contributed by atoms with Gasteiger partial charge in [-0.1, -0.05) is 29.5 Å². The highest BCUT2D eigenvalue weighted by Crippen LogP contribution is 2.23. The van der Waals surface area contributed by atoms with Gasteiger partial charge in [0.05, 0.1) is 12.7 Å². The number of H-pyrrole nitrogens is 1. The van der Waals surface area contributed by atoms with E-state index in [2.05, 4.69) is 61.3 Å². The van der Waals surface area contributed by atoms with E-state index in [9.17, 15) is 0 Å². The summed E-state index contributed by atoms with van der Waals surface area (Å²) in [5, 5.41) is 18.7. The summed E-state index contributed by atoms with van der Waals surface area (Å²) in [6.45, 7) is 2.93. The molecule has 0 radical (unpaired) electrons. The van der Waals surface area contributed by atoms with Crippen LogP contribution in [0.4, 0.5) is 5.82 Å². The zero-order valence-corrected chi connectivity index (χ0v) is 15.5. The van der Waals surface area contributed by atoms with Gasteiger partial charge >= 0.3 is 0 Å². The Kier molecular flexibility index (Phi) is 4.25. The van der Waals surface area contributed by atoms with Gasteiger partial charge in [-0.15, -0.1) is 5.10 Å². The molecule has 0 amide bonds. The average Bonchev–Trinajstić information content (AvgIpc) is 3.43. The second-order valence-electron chi connectivity index (χ2n) is 7.37. The number of pyridine rings is 1. The average molecular weight is 374 g/mol. The van der Waals surface area contributed by atoms with Crippen LogP contribution >= 0.6 is 0 Å². The van der Waals surface area contributed by atoms with E-state index in [0.29, 0.717) is 23.8 Å². The number of nitrogens with two attached hydrogens (primary N) is 1. The Morgan fingerprint density at radius 3 is 3.07 bits per heavy atom. The molecule has 0 bridgehead atoms. The van der Waals surface area contributed by atoms with Crippen molar-refractivity contribution in [3.05, 3.63) is 65.0 Å². The van der Waals surface area contributed by atoms with E-state index < -0.39 is 0 Å². The van der Waals surface area contributed by atoms with E-state index >= 15 is 0 Å². The molecule has 1 aromatic carbocycles. The predicted octanol–water partition coefficient (Wildman–Crippen LogP) is 1.85. The molecule has 1 saturated heterocycles. The van der Waals surface area contributed by atoms with Crippen LogP contribution in [0.1, 0.15) is 34.6 Å². The Morgan fingerprint density at radius 2 is 2.18 bits per heavy atom. The molecule has 1 fully saturated rings. The van der Waals surface area contributed by atoms with E-state index in [1.54, 1.807) is 0 Å². The summed E-state index contributed by atoms with van der Waals surface area (Å²) in [7, 11) is 0. The summed E-state index contributed by atoms with van der Waals surface area (Å²) in [5.41, 5.74) is 12.0. The van der Waals surface area contributed by atoms with E-state index in [0.717, 1.165) is 36.3 Å². The first-order valence-corrected chi connectivity index (χ1v) is 9.51. The zero-order chi connectivity index (χ0) is 18.9. The van der Waals surface area contributed by atoms with Gasteiger partial charge in [0.2, 0.25) is 0 Å². The number of hydrogen-bond donors (Lipinski definition) is 3. The molecule has 4 heterocycles. The SMILES string of the molecule is Nc1cc(Cc2cnn(Cc3cccc(C4CCNC4)c3)c2)c2nn[nH]c2n1. The van der Waals surface area contributed by atoms with Crippen LogP contribution in [0.25, 0.3) is 11.2 Å². The molecule has 8 heteroatoms. The largest absolute Gasteiger partial charge is 0.384 e. The Balaban J connectivity index is 1.34. The maximum absolute atomic E-state index is 5.90. The molecule has 28 heavy (non-hydrogen) atoms. The van der Waals surface area contributed by atoms with Crippen molar-refractivity contribution in [2.45, 2.75) is 25.3 Å². The highest BCUT2D eigenvalue weighted by Gasteiger charge is 2.16. The molecule has 1 aliphatic rings. The van der Waals surface area contributed by atoms with Gasteiger partial charge in [-0.3, -0.25) is 4.68 Å². The zero-order valence-electron chi connectivity index (χ0n) is 15.5. The minimum Gasteiger partial charge on any atom is -0.384 e. The van der Waals surface area contributed by atoms with Crippen molar-refractivity contribution >= 4 is 17.0 Å². The molecule has 1 unspecified atom stereocenters. The molecule has 0 saturated carbocycles. The molecule has 1 aliphatic heterocycles. The van der Waals surface area contributed by atoms with E-state index in [-0.39, 0.29) is 0 Å². The van der Waals surface area contributed by atoms with Crippen LogP contribution in [-0.4, -0.2) is 43.3 Å². The first kappa shape index (κ1) is 16.9. The van der Waals surface area contributed by atoms with Crippen LogP contribution in [0.5, 0.6) is 0 Å². The normalized spacial score (nSPS) is 16.8. The van der Waals surface area contributed by atoms with Gasteiger partial charge in [-0.2, -0.15) is 5.10 Å². The Morgan fingerprint density at radius 1 is 1.21 bits per heavy atom. The number of nitrogen functional groups attached to an aromatic ring is 1. The van der Waals surface area contributed by atoms with Crippen LogP contribution in [0, 0.1) is 0 Å². The van der Waals surface area contributed by atoms with Gasteiger partial charge in [0.15, 0.2) is 5.65 Å². The molecule has 8 nitrogen and oxygen atoms in total. The van der Waals surface area contributed by atoms with Crippen molar-refractivity contribution in [2.75, 3.05) is 18.8 Å². The second-order valence-corrected chi connectivity index (χ2v) is 7.37. The lowest BCUT2D eigenvalue weighted by Crippen LogP contribution is -2.08. The Hall–Kier alpha value is -3.26. The summed E-state index contributed by atoms with van der Waals surface area (Å²) in [6, 6.07) is 10.7. The molecule has 5 rings (SSSR count). The van der Waals surface area contributed by atoms with Crippen molar-refractivity contribution in [3.8, 4) is 0 Å². The molecule has 0 aliphatic carbocycles. The van der Waals surface area contributed by atoms with Gasteiger partial charge in [0.25, 0.3) is 0 Å². The Bertz CT molecular complexity index is 1110. The lowest BCUT2D eigenvalue weighted by atomic mass is 9.97. The maximum Gasteiger partial charge on any atom is 0.178 e. The number of benzene rings is 1. The molecule has 4 aromatic rings. The van der Waals surface area contributed by atoms with E-state index in [1.807, 2.05) is 16.9 Å². The third-order valence-electron chi connectivity index (χ3n) is 5.31. The summed E-state index contributed by atoms with van der Waals surface area (Å²) in [6.07, 6.45) is 5.87. The van der Waals surface area contributed by atoms with Crippen LogP contribution in [0.2, 0.25) is 0 Å². The lowest BCUT2D eigenvalue weighted by Gasteiger charge is -2.10. The minimum atomic E-state index is 0.458. The molecule has 1 atom stereocenters. The summed E-state index contributed by atoms with van der Waals surface area (Å²) < 4.78 is 1.98. The van der Waals surface area contributed by atoms with Crippen LogP contribution in [0.3, 0.4) is 0 Å². The lowest BCUT2D eigenvalue weighted by molar-refractivity contribution is 0.682. The van der Waals surface area contributed by atoms with Crippen molar-refractivity contribution in [3.63, 3.8) is 0 Å². The van der Waals surface area contributed by atoms with Gasteiger partial charge in [-0.25, -0.2) is 10.1 Å². The maximum atomic E-state index is 5.90. The highest BCUT2D eigenvalue weighted by atomic mass is 15.3. The monoisotopic (exact) mass is 374 g/mol. The number of fused-ring (bicyclic) bond motifs is 1. The van der Waals surface area contributed by atoms with Crippen molar-refractivity contribution < 1.29 is 0 Å². The fourth-order valence-electron chi connectivity index (χ4n) is 3.94. The first-order chi connectivity index (χ1) is 13.7. The molecular formula is C20H22N8. The second kappa shape index (κ2) is 7.05. The summed E-state index contributed by atoms with van der Waals surface area (Å²) in [5.74, 6) is 1.08. The Labute approximate surface area is 162 Å². The van der Waals surface area contributed by atoms with Gasteiger partial charge in [0, 0.05) is 19.2 Å². The molecule has 0 spiro atoms. The van der Waals surface area contributed by atoms with Gasteiger partial charge in [-0.05, 0) is 47.2 Å². The fraction of sp³-hybridized carbons (Fsp3) is 0.300. The number of hydrogen-bond acceptors (Lipinski definition) is 6. The van der Waals surface area contributed by atoms with Gasteiger partial charge < -0.3 is 11.1 Å². The van der Waals surface area contributed by atoms with Crippen LogP contribution < -0.4 is 11.1 Å². The number of rotatable bonds is 5. The number of nitrogens with one attached hydrogen (secondary N) is 2. The van der Waals surface area contributed by atoms with E-state index in [1.165, 1.54) is 17.5 Å². The highest BCUT2D eigenvalue weighted by molar-refractivity contribution is 5.76. The molecule has 3 aromatic heterocycles. The number of aromatic amines is 1. The molecule has 142 valence electrons. The van der Waals surface area contributed by atoms with Crippen LogP contribution in [-0.2, 0) is 13.0 Å². The number of aromatic nitrogens is 6. The van der Waals surface area contributed by atoms with Crippen LogP contribution in [0.15, 0.2) is 42.7 Å².